The molecule has 0 radical (unpaired) electrons. The van der Waals surface area contributed by atoms with Crippen LogP contribution >= 0.6 is 0 Å². The predicted molar refractivity (Wildman–Crippen MR) is 70.5 cm³/mol. The number of nitrogens with one attached hydrogen (secondary N) is 1. The van der Waals surface area contributed by atoms with Gasteiger partial charge in [0.05, 0.1) is 0 Å². The number of fused-ring (bicyclic) bond motifs is 3. The van der Waals surface area contributed by atoms with Gasteiger partial charge in [-0.05, 0) is 11.5 Å². The van der Waals surface area contributed by atoms with Crippen LogP contribution in [-0.4, -0.2) is 20.6 Å². The second-order valence-corrected chi connectivity index (χ2v) is 4.37. The fourth-order valence-corrected chi connectivity index (χ4v) is 2.31. The Balaban J connectivity index is 1.87. The first-order valence-electron chi connectivity index (χ1n) is 6.02. The Kier molecular flexibility index (Phi) is 2.11. The van der Waals surface area contributed by atoms with Gasteiger partial charge in [0.15, 0.2) is 6.10 Å². The standard InChI is InChI=1S/C14H10N4O/c1-2-4-11-9(3-1)5-6-10-7-8-12(19-13(10)11)14-15-17-18-16-14/h1-8,12H,(H,15,16,17,18). The molecule has 0 bridgehead atoms. The van der Waals surface area contributed by atoms with Crippen LogP contribution in [0.5, 0.6) is 5.75 Å². The molecule has 0 fully saturated rings. The van der Waals surface area contributed by atoms with Gasteiger partial charge < -0.3 is 4.74 Å². The zero-order chi connectivity index (χ0) is 12.7. The summed E-state index contributed by atoms with van der Waals surface area (Å²) in [4.78, 5) is 0. The highest BCUT2D eigenvalue weighted by Gasteiger charge is 2.21. The average molecular weight is 250 g/mol. The minimum atomic E-state index is -0.294. The number of hydrogen-bond acceptors (Lipinski definition) is 4. The summed E-state index contributed by atoms with van der Waals surface area (Å²) in [5.74, 6) is 1.41. The Labute approximate surface area is 108 Å². The second kappa shape index (κ2) is 3.91. The van der Waals surface area contributed by atoms with Crippen molar-refractivity contribution in [2.45, 2.75) is 6.10 Å². The Hall–Kier alpha value is -2.69. The molecular weight excluding hydrogens is 240 g/mol. The Morgan fingerprint density at radius 1 is 1.11 bits per heavy atom. The van der Waals surface area contributed by atoms with E-state index in [1.54, 1.807) is 0 Å². The number of tetrazole rings is 1. The van der Waals surface area contributed by atoms with E-state index in [2.05, 4.69) is 44.9 Å². The first-order chi connectivity index (χ1) is 9.42. The van der Waals surface area contributed by atoms with Crippen LogP contribution in [0.2, 0.25) is 0 Å². The largest absolute Gasteiger partial charge is 0.477 e. The maximum Gasteiger partial charge on any atom is 0.218 e. The van der Waals surface area contributed by atoms with Crippen LogP contribution in [0.4, 0.5) is 0 Å². The molecule has 0 saturated carbocycles. The number of rotatable bonds is 1. The van der Waals surface area contributed by atoms with Crippen LogP contribution in [0.3, 0.4) is 0 Å². The van der Waals surface area contributed by atoms with E-state index in [1.165, 1.54) is 0 Å². The molecule has 0 aliphatic carbocycles. The SMILES string of the molecule is C1=CC(c2nn[nH]n2)Oc2c1ccc1ccccc21. The van der Waals surface area contributed by atoms with E-state index in [4.69, 9.17) is 4.74 Å². The van der Waals surface area contributed by atoms with Crippen LogP contribution in [0, 0.1) is 0 Å². The zero-order valence-corrected chi connectivity index (χ0v) is 9.95. The third-order valence-electron chi connectivity index (χ3n) is 3.22. The van der Waals surface area contributed by atoms with Crippen molar-refractivity contribution in [2.75, 3.05) is 0 Å². The molecule has 5 heteroatoms. The number of nitrogens with zero attached hydrogens (tertiary/aromatic N) is 3. The lowest BCUT2D eigenvalue weighted by Gasteiger charge is -2.20. The predicted octanol–water partition coefficient (Wildman–Crippen LogP) is 2.50. The number of aromatic nitrogens is 4. The maximum atomic E-state index is 6.02. The quantitative estimate of drug-likeness (QED) is 0.720. The van der Waals surface area contributed by atoms with E-state index in [9.17, 15) is 0 Å². The summed E-state index contributed by atoms with van der Waals surface area (Å²) in [5.41, 5.74) is 1.07. The molecule has 1 atom stereocenters. The van der Waals surface area contributed by atoms with Gasteiger partial charge in [-0.3, -0.25) is 0 Å². The van der Waals surface area contributed by atoms with Gasteiger partial charge in [0.25, 0.3) is 0 Å². The van der Waals surface area contributed by atoms with Crippen molar-refractivity contribution < 1.29 is 4.74 Å². The van der Waals surface area contributed by atoms with Gasteiger partial charge in [0, 0.05) is 10.9 Å². The van der Waals surface area contributed by atoms with Gasteiger partial charge in [0.2, 0.25) is 5.82 Å². The molecule has 2 heterocycles. The molecular formula is C14H10N4O. The highest BCUT2D eigenvalue weighted by atomic mass is 16.5. The maximum absolute atomic E-state index is 6.02. The lowest BCUT2D eigenvalue weighted by molar-refractivity contribution is 0.244. The number of ether oxygens (including phenoxy) is 1. The fourth-order valence-electron chi connectivity index (χ4n) is 2.31. The smallest absolute Gasteiger partial charge is 0.218 e. The summed E-state index contributed by atoms with van der Waals surface area (Å²) in [7, 11) is 0. The molecule has 19 heavy (non-hydrogen) atoms. The van der Waals surface area contributed by atoms with Gasteiger partial charge in [-0.25, -0.2) is 0 Å². The molecule has 5 nitrogen and oxygen atoms in total. The molecule has 1 aliphatic rings. The molecule has 3 aromatic rings. The summed E-state index contributed by atoms with van der Waals surface area (Å²) >= 11 is 0. The van der Waals surface area contributed by atoms with Crippen molar-refractivity contribution in [1.29, 1.82) is 0 Å². The van der Waals surface area contributed by atoms with Crippen LogP contribution in [0.15, 0.2) is 42.5 Å². The summed E-state index contributed by atoms with van der Waals surface area (Å²) < 4.78 is 6.02. The number of aromatic amines is 1. The minimum absolute atomic E-state index is 0.294. The summed E-state index contributed by atoms with van der Waals surface area (Å²) in [6.07, 6.45) is 3.67. The summed E-state index contributed by atoms with van der Waals surface area (Å²) in [5, 5.41) is 16.2. The molecule has 0 saturated heterocycles. The highest BCUT2D eigenvalue weighted by Crippen LogP contribution is 2.37. The molecule has 0 spiro atoms. The second-order valence-electron chi connectivity index (χ2n) is 4.37. The molecule has 1 aromatic heterocycles. The summed E-state index contributed by atoms with van der Waals surface area (Å²) in [6.45, 7) is 0. The van der Waals surface area contributed by atoms with Gasteiger partial charge in [-0.1, -0.05) is 47.7 Å². The van der Waals surface area contributed by atoms with Crippen molar-refractivity contribution in [2.24, 2.45) is 0 Å². The Morgan fingerprint density at radius 3 is 2.95 bits per heavy atom. The van der Waals surface area contributed by atoms with Crippen molar-refractivity contribution in [3.63, 3.8) is 0 Å². The minimum Gasteiger partial charge on any atom is -0.477 e. The number of H-pyrrole nitrogens is 1. The monoisotopic (exact) mass is 250 g/mol. The van der Waals surface area contributed by atoms with Crippen molar-refractivity contribution >= 4 is 16.8 Å². The lowest BCUT2D eigenvalue weighted by atomic mass is 10.0. The van der Waals surface area contributed by atoms with Gasteiger partial charge >= 0.3 is 0 Å². The molecule has 2 aromatic carbocycles. The third-order valence-corrected chi connectivity index (χ3v) is 3.22. The van der Waals surface area contributed by atoms with Crippen LogP contribution in [-0.2, 0) is 0 Å². The van der Waals surface area contributed by atoms with Crippen LogP contribution in [0.25, 0.3) is 16.8 Å². The molecule has 1 aliphatic heterocycles. The molecule has 1 N–H and O–H groups in total. The fraction of sp³-hybridized carbons (Fsp3) is 0.0714. The first kappa shape index (κ1) is 10.3. The van der Waals surface area contributed by atoms with Crippen LogP contribution in [0.1, 0.15) is 17.5 Å². The van der Waals surface area contributed by atoms with E-state index >= 15 is 0 Å². The first-order valence-corrected chi connectivity index (χ1v) is 6.02. The van der Waals surface area contributed by atoms with E-state index in [0.29, 0.717) is 5.82 Å². The molecule has 1 unspecified atom stereocenters. The molecule has 4 rings (SSSR count). The van der Waals surface area contributed by atoms with E-state index in [-0.39, 0.29) is 6.10 Å². The van der Waals surface area contributed by atoms with Crippen molar-refractivity contribution in [1.82, 2.24) is 20.6 Å². The molecule has 92 valence electrons. The zero-order valence-electron chi connectivity index (χ0n) is 9.95. The average Bonchev–Trinajstić information content (AvgIpc) is 3.01. The van der Waals surface area contributed by atoms with E-state index in [1.807, 2.05) is 24.3 Å². The number of hydrogen-bond donors (Lipinski definition) is 1. The third kappa shape index (κ3) is 1.59. The van der Waals surface area contributed by atoms with E-state index in [0.717, 1.165) is 22.1 Å². The van der Waals surface area contributed by atoms with Gasteiger partial charge in [-0.15, -0.1) is 10.2 Å². The lowest BCUT2D eigenvalue weighted by Crippen LogP contribution is -2.11. The molecule has 0 amide bonds. The Bertz CT molecular complexity index is 764. The number of benzene rings is 2. The normalized spacial score (nSPS) is 17.2. The van der Waals surface area contributed by atoms with E-state index < -0.39 is 0 Å². The Morgan fingerprint density at radius 2 is 2.05 bits per heavy atom. The summed E-state index contributed by atoms with van der Waals surface area (Å²) in [6, 6.07) is 12.3. The van der Waals surface area contributed by atoms with Gasteiger partial charge in [-0.2, -0.15) is 5.21 Å². The van der Waals surface area contributed by atoms with Gasteiger partial charge in [0.1, 0.15) is 5.75 Å². The van der Waals surface area contributed by atoms with Crippen LogP contribution < -0.4 is 4.74 Å². The van der Waals surface area contributed by atoms with Crippen molar-refractivity contribution in [3.05, 3.63) is 53.9 Å². The highest BCUT2D eigenvalue weighted by molar-refractivity contribution is 5.92. The van der Waals surface area contributed by atoms with Crippen molar-refractivity contribution in [3.8, 4) is 5.75 Å². The topological polar surface area (TPSA) is 63.7 Å².